The summed E-state index contributed by atoms with van der Waals surface area (Å²) in [6.07, 6.45) is 1.07. The van der Waals surface area contributed by atoms with Gasteiger partial charge in [-0.2, -0.15) is 0 Å². The van der Waals surface area contributed by atoms with E-state index in [1.54, 1.807) is 42.5 Å². The molecule has 0 saturated carbocycles. The molecule has 5 heteroatoms. The van der Waals surface area contributed by atoms with E-state index in [-0.39, 0.29) is 16.7 Å². The Balaban J connectivity index is 1.79. The summed E-state index contributed by atoms with van der Waals surface area (Å²) >= 11 is 0. The molecule has 1 aliphatic carbocycles. The number of hydrogen-bond donors (Lipinski definition) is 0. The van der Waals surface area contributed by atoms with Crippen molar-refractivity contribution in [3.63, 3.8) is 0 Å². The lowest BCUT2D eigenvalue weighted by atomic mass is 10.1. The molecule has 2 amide bonds. The van der Waals surface area contributed by atoms with Gasteiger partial charge in [-0.25, -0.2) is 4.90 Å². The molecule has 0 spiro atoms. The summed E-state index contributed by atoms with van der Waals surface area (Å²) in [5.74, 6) is -1.99. The Labute approximate surface area is 137 Å². The first-order valence-electron chi connectivity index (χ1n) is 7.38. The second kappa shape index (κ2) is 4.83. The van der Waals surface area contributed by atoms with E-state index in [4.69, 9.17) is 0 Å². The van der Waals surface area contributed by atoms with Crippen molar-refractivity contribution in [3.8, 4) is 0 Å². The molecule has 0 N–H and O–H groups in total. The van der Waals surface area contributed by atoms with E-state index < -0.39 is 23.4 Å². The van der Waals surface area contributed by atoms with E-state index in [9.17, 15) is 19.2 Å². The zero-order valence-corrected chi connectivity index (χ0v) is 12.7. The summed E-state index contributed by atoms with van der Waals surface area (Å²) in [5, 5.41) is 0. The van der Waals surface area contributed by atoms with Crippen molar-refractivity contribution in [2.75, 3.05) is 0 Å². The fraction of sp³-hybridized carbons (Fsp3) is 0.0526. The lowest BCUT2D eigenvalue weighted by Crippen LogP contribution is -2.25. The van der Waals surface area contributed by atoms with Crippen LogP contribution in [0, 0.1) is 6.92 Å². The number of hydrogen-bond acceptors (Lipinski definition) is 4. The van der Waals surface area contributed by atoms with Crippen LogP contribution in [0.25, 0.3) is 0 Å². The van der Waals surface area contributed by atoms with Crippen LogP contribution < -0.4 is 0 Å². The molecule has 2 aromatic rings. The Morgan fingerprint density at radius 1 is 0.750 bits per heavy atom. The fourth-order valence-electron chi connectivity index (χ4n) is 3.01. The Morgan fingerprint density at radius 2 is 1.33 bits per heavy atom. The highest BCUT2D eigenvalue weighted by Crippen LogP contribution is 2.30. The predicted molar refractivity (Wildman–Crippen MR) is 84.9 cm³/mol. The molecule has 4 rings (SSSR count). The van der Waals surface area contributed by atoms with Gasteiger partial charge in [-0.15, -0.1) is 0 Å². The van der Waals surface area contributed by atoms with Crippen molar-refractivity contribution < 1.29 is 19.2 Å². The van der Waals surface area contributed by atoms with Crippen LogP contribution in [0.2, 0.25) is 0 Å². The largest absolute Gasteiger partial charge is 0.288 e. The fourth-order valence-corrected chi connectivity index (χ4v) is 3.01. The number of rotatable bonds is 1. The van der Waals surface area contributed by atoms with Crippen LogP contribution in [0.5, 0.6) is 0 Å². The van der Waals surface area contributed by atoms with Crippen molar-refractivity contribution in [3.05, 3.63) is 82.1 Å². The molecule has 1 aliphatic heterocycles. The van der Waals surface area contributed by atoms with Gasteiger partial charge >= 0.3 is 0 Å². The highest BCUT2D eigenvalue weighted by Gasteiger charge is 2.38. The van der Waals surface area contributed by atoms with Gasteiger partial charge in [-0.3, -0.25) is 19.2 Å². The van der Waals surface area contributed by atoms with E-state index in [2.05, 4.69) is 0 Å². The number of nitrogens with zero attached hydrogens (tertiary/aromatic N) is 1. The molecule has 0 unspecified atom stereocenters. The lowest BCUT2D eigenvalue weighted by molar-refractivity contribution is 0.0720. The van der Waals surface area contributed by atoms with Gasteiger partial charge in [0.05, 0.1) is 16.7 Å². The summed E-state index contributed by atoms with van der Waals surface area (Å²) < 4.78 is 0. The molecule has 5 nitrogen and oxygen atoms in total. The van der Waals surface area contributed by atoms with Crippen molar-refractivity contribution >= 4 is 23.4 Å². The van der Waals surface area contributed by atoms with Crippen LogP contribution in [-0.2, 0) is 0 Å². The van der Waals surface area contributed by atoms with Crippen LogP contribution in [0.1, 0.15) is 47.0 Å². The summed E-state index contributed by atoms with van der Waals surface area (Å²) in [6, 6.07) is 11.4. The molecule has 24 heavy (non-hydrogen) atoms. The van der Waals surface area contributed by atoms with Gasteiger partial charge in [0.2, 0.25) is 0 Å². The van der Waals surface area contributed by atoms with Crippen LogP contribution in [0.15, 0.2) is 54.2 Å². The second-order valence-corrected chi connectivity index (χ2v) is 5.78. The van der Waals surface area contributed by atoms with Gasteiger partial charge in [0, 0.05) is 17.3 Å². The molecule has 1 heterocycles. The minimum Gasteiger partial charge on any atom is -0.288 e. The molecular formula is C19H11NO4. The molecule has 0 bridgehead atoms. The topological polar surface area (TPSA) is 71.5 Å². The first-order valence-corrected chi connectivity index (χ1v) is 7.38. The first kappa shape index (κ1) is 14.3. The number of Topliss-reactive ketones (excluding diaryl/α,β-unsaturated/α-hetero) is 2. The minimum absolute atomic E-state index is 0.162. The average molecular weight is 317 g/mol. The maximum atomic E-state index is 12.5. The number of imide groups is 1. The van der Waals surface area contributed by atoms with Gasteiger partial charge in [-0.05, 0) is 25.1 Å². The average Bonchev–Trinajstić information content (AvgIpc) is 2.96. The van der Waals surface area contributed by atoms with E-state index in [0.29, 0.717) is 11.1 Å². The monoisotopic (exact) mass is 317 g/mol. The number of fused-ring (bicyclic) bond motifs is 2. The number of allylic oxidation sites excluding steroid dienone is 1. The smallest absolute Gasteiger partial charge is 0.265 e. The SMILES string of the molecule is Cc1ccc2c(c1)C(=O)/C(=C\N1C(=O)c3ccccc3C1=O)C2=O. The molecule has 2 aliphatic rings. The van der Waals surface area contributed by atoms with E-state index in [0.717, 1.165) is 16.7 Å². The summed E-state index contributed by atoms with van der Waals surface area (Å²) in [4.78, 5) is 50.5. The van der Waals surface area contributed by atoms with Crippen LogP contribution in [0.3, 0.4) is 0 Å². The zero-order chi connectivity index (χ0) is 17.0. The molecule has 116 valence electrons. The minimum atomic E-state index is -0.532. The molecule has 0 fully saturated rings. The molecular weight excluding hydrogens is 306 g/mol. The highest BCUT2D eigenvalue weighted by molar-refractivity contribution is 6.40. The van der Waals surface area contributed by atoms with Crippen molar-refractivity contribution in [1.29, 1.82) is 0 Å². The van der Waals surface area contributed by atoms with E-state index >= 15 is 0 Å². The quantitative estimate of drug-likeness (QED) is 0.460. The summed E-state index contributed by atoms with van der Waals surface area (Å²) in [5.41, 5.74) is 1.84. The van der Waals surface area contributed by atoms with Gasteiger partial charge in [0.25, 0.3) is 11.8 Å². The van der Waals surface area contributed by atoms with Gasteiger partial charge in [-0.1, -0.05) is 29.8 Å². The van der Waals surface area contributed by atoms with Crippen molar-refractivity contribution in [2.45, 2.75) is 6.92 Å². The number of amides is 2. The molecule has 0 atom stereocenters. The lowest BCUT2D eigenvalue weighted by Gasteiger charge is -2.08. The van der Waals surface area contributed by atoms with Crippen LogP contribution in [-0.4, -0.2) is 28.3 Å². The number of ketones is 2. The number of carbonyl (C=O) groups is 4. The zero-order valence-electron chi connectivity index (χ0n) is 12.7. The molecule has 2 aromatic carbocycles. The van der Waals surface area contributed by atoms with Crippen molar-refractivity contribution in [1.82, 2.24) is 4.90 Å². The molecule has 0 saturated heterocycles. The van der Waals surface area contributed by atoms with Crippen molar-refractivity contribution in [2.24, 2.45) is 0 Å². The Hall–Kier alpha value is -3.34. The predicted octanol–water partition coefficient (Wildman–Crippen LogP) is 2.55. The maximum Gasteiger partial charge on any atom is 0.265 e. The Kier molecular flexibility index (Phi) is 2.87. The van der Waals surface area contributed by atoms with Crippen LogP contribution >= 0.6 is 0 Å². The second-order valence-electron chi connectivity index (χ2n) is 5.78. The third-order valence-electron chi connectivity index (χ3n) is 4.24. The first-order chi connectivity index (χ1) is 11.5. The Morgan fingerprint density at radius 3 is 1.96 bits per heavy atom. The molecule has 0 radical (unpaired) electrons. The standard InChI is InChI=1S/C19H11NO4/c1-10-6-7-11-14(8-10)17(22)15(16(11)21)9-20-18(23)12-4-2-3-5-13(12)19(20)24/h2-9H,1H3/b15-9-. The van der Waals surface area contributed by atoms with Gasteiger partial charge in [0.1, 0.15) is 0 Å². The van der Waals surface area contributed by atoms with E-state index in [1.165, 1.54) is 0 Å². The molecule has 0 aromatic heterocycles. The van der Waals surface area contributed by atoms with Gasteiger partial charge < -0.3 is 0 Å². The Bertz CT molecular complexity index is 965. The third-order valence-corrected chi connectivity index (χ3v) is 4.24. The number of aryl methyl sites for hydroxylation is 1. The number of carbonyl (C=O) groups excluding carboxylic acids is 4. The van der Waals surface area contributed by atoms with Gasteiger partial charge in [0.15, 0.2) is 11.6 Å². The highest BCUT2D eigenvalue weighted by atomic mass is 16.2. The number of benzene rings is 2. The normalized spacial score (nSPS) is 17.7. The third kappa shape index (κ3) is 1.81. The summed E-state index contributed by atoms with van der Waals surface area (Å²) in [7, 11) is 0. The maximum absolute atomic E-state index is 12.5. The summed E-state index contributed by atoms with van der Waals surface area (Å²) in [6.45, 7) is 1.82. The van der Waals surface area contributed by atoms with Crippen LogP contribution in [0.4, 0.5) is 0 Å². The van der Waals surface area contributed by atoms with E-state index in [1.807, 2.05) is 6.92 Å².